The van der Waals surface area contributed by atoms with Crippen LogP contribution in [0.5, 0.6) is 0 Å². The number of nitrogens with zero attached hydrogens (tertiary/aromatic N) is 4. The van der Waals surface area contributed by atoms with E-state index in [1.165, 1.54) is 10.9 Å². The van der Waals surface area contributed by atoms with E-state index in [0.29, 0.717) is 0 Å². The molecule has 236 valence electrons. The first-order valence-corrected chi connectivity index (χ1v) is 17.7. The van der Waals surface area contributed by atoms with Crippen molar-refractivity contribution < 1.29 is 41.5 Å². The van der Waals surface area contributed by atoms with Gasteiger partial charge < -0.3 is 36.1 Å². The first kappa shape index (κ1) is 31.9. The fourth-order valence-corrected chi connectivity index (χ4v) is 6.54. The van der Waals surface area contributed by atoms with Crippen LogP contribution in [0.4, 0.5) is 21.8 Å². The van der Waals surface area contributed by atoms with Gasteiger partial charge in [0.05, 0.1) is 38.1 Å². The van der Waals surface area contributed by atoms with Crippen molar-refractivity contribution in [3.05, 3.63) is 33.4 Å². The molecule has 8 N–H and O–H groups in total. The summed E-state index contributed by atoms with van der Waals surface area (Å²) < 4.78 is 68.2. The number of H-pyrrole nitrogens is 2. The largest absolute Gasteiger partial charge is 0.391 e. The Morgan fingerprint density at radius 3 is 2.60 bits per heavy atom. The van der Waals surface area contributed by atoms with Crippen molar-refractivity contribution >= 4 is 66.7 Å². The van der Waals surface area contributed by atoms with Gasteiger partial charge in [0.2, 0.25) is 5.95 Å². The average Bonchev–Trinajstić information content (AvgIpc) is 3.60. The predicted octanol–water partition coefficient (Wildman–Crippen LogP) is 0.706. The molecule has 0 amide bonds. The summed E-state index contributed by atoms with van der Waals surface area (Å²) in [7, 11) is 0. The van der Waals surface area contributed by atoms with E-state index in [1.54, 1.807) is 0 Å². The second-order valence-electron chi connectivity index (χ2n) is 9.42. The minimum atomic E-state index is -4.20. The van der Waals surface area contributed by atoms with Gasteiger partial charge in [-0.15, -0.1) is 0 Å². The first-order valence-electron chi connectivity index (χ1n) is 12.3. The Morgan fingerprint density at radius 2 is 1.86 bits per heavy atom. The highest BCUT2D eigenvalue weighted by molar-refractivity contribution is 8.44. The molecule has 0 spiro atoms. The van der Waals surface area contributed by atoms with E-state index in [2.05, 4.69) is 54.7 Å². The van der Waals surface area contributed by atoms with Crippen LogP contribution in [0, 0.1) is 0 Å². The van der Waals surface area contributed by atoms with Crippen LogP contribution in [0.15, 0.2) is 22.2 Å². The lowest BCUT2D eigenvalue weighted by Gasteiger charge is -2.24. The minimum Gasteiger partial charge on any atom is -0.391 e. The van der Waals surface area contributed by atoms with Crippen LogP contribution in [0.2, 0.25) is 0 Å². The summed E-state index contributed by atoms with van der Waals surface area (Å²) in [5.41, 5.74) is 9.78. The molecule has 24 heteroatoms. The molecule has 3 aromatic rings. The Balaban J connectivity index is 1.27. The third kappa shape index (κ3) is 7.59. The number of aromatic amines is 2. The first-order chi connectivity index (χ1) is 20.2. The Bertz CT molecular complexity index is 1700. The van der Waals surface area contributed by atoms with Crippen LogP contribution >= 0.6 is 38.1 Å². The lowest BCUT2D eigenvalue weighted by molar-refractivity contribution is -0.0436. The number of nitrogens with two attached hydrogens (primary N) is 2. The Labute approximate surface area is 250 Å². The second-order valence-corrected chi connectivity index (χ2v) is 15.1. The number of nitrogens with one attached hydrogen (secondary N) is 3. The maximum Gasteiger partial charge on any atom is 0.386 e. The van der Waals surface area contributed by atoms with Crippen LogP contribution in [0.3, 0.4) is 0 Å². The van der Waals surface area contributed by atoms with E-state index in [-0.39, 0.29) is 41.5 Å². The molecule has 8 atom stereocenters. The van der Waals surface area contributed by atoms with Gasteiger partial charge in [-0.1, -0.05) is 24.5 Å². The normalized spacial score (nSPS) is 28.6. The van der Waals surface area contributed by atoms with Crippen LogP contribution in [0.1, 0.15) is 19.1 Å². The van der Waals surface area contributed by atoms with Crippen molar-refractivity contribution in [1.82, 2.24) is 29.5 Å². The molecule has 43 heavy (non-hydrogen) atoms. The highest BCUT2D eigenvalue weighted by Crippen LogP contribution is 2.57. The number of hydrogen-bond acceptors (Lipinski definition) is 15. The third-order valence-electron chi connectivity index (χ3n) is 6.31. The van der Waals surface area contributed by atoms with Gasteiger partial charge in [-0.05, 0) is 0 Å². The molecule has 2 aliphatic heterocycles. The fourth-order valence-electron chi connectivity index (χ4n) is 4.47. The van der Waals surface area contributed by atoms with E-state index in [4.69, 9.17) is 34.5 Å². The summed E-state index contributed by atoms with van der Waals surface area (Å²) in [6.45, 7) is -9.17. The van der Waals surface area contributed by atoms with Crippen LogP contribution in [0.25, 0.3) is 11.2 Å². The van der Waals surface area contributed by atoms with Gasteiger partial charge in [0.1, 0.15) is 18.0 Å². The minimum absolute atomic E-state index is 0.0146. The number of anilines is 3. The van der Waals surface area contributed by atoms with Crippen molar-refractivity contribution in [2.24, 2.45) is 0 Å². The maximum atomic E-state index is 14.7. The number of imidazole rings is 1. The number of fused-ring (bicyclic) bond motifs is 1. The molecule has 0 radical (unpaired) electrons. The van der Waals surface area contributed by atoms with Gasteiger partial charge in [0, 0.05) is 12.8 Å². The molecule has 2 saturated heterocycles. The number of thiol groups is 2. The molecule has 0 aromatic carbocycles. The number of halogens is 1. The zero-order valence-corrected chi connectivity index (χ0v) is 25.3. The van der Waals surface area contributed by atoms with Gasteiger partial charge in [0.15, 0.2) is 29.4 Å². The molecule has 2 fully saturated rings. The molecule has 0 saturated carbocycles. The van der Waals surface area contributed by atoms with Gasteiger partial charge in [-0.3, -0.25) is 32.7 Å². The standard InChI is InChI=1S/C19H26FN9O10P2S2/c20-9-1-7(37-17(9)26-13-11(21)15(30)24-5-23-13)4-36-41(34,43)39-10-2-8(3-35-40(32,33)42)38-18(10)29-6-25-12-14(29)27-19(22)28-16(12)31/h5-10,17-18H,1-4,21H2,(H,34,43)(H2,32,33,42)(H3,22,27,28,31)(H2,23,24,26,30)/t7-,8?,9-,10?,17+,18+,41?/m0/s1. The molecule has 2 aliphatic rings. The summed E-state index contributed by atoms with van der Waals surface area (Å²) in [4.78, 5) is 49.9. The van der Waals surface area contributed by atoms with E-state index < -0.39 is 74.9 Å². The van der Waals surface area contributed by atoms with Gasteiger partial charge in [-0.25, -0.2) is 23.5 Å². The zero-order chi connectivity index (χ0) is 31.1. The summed E-state index contributed by atoms with van der Waals surface area (Å²) >= 11 is 7.51. The predicted molar refractivity (Wildman–Crippen MR) is 154 cm³/mol. The quantitative estimate of drug-likeness (QED) is 0.102. The van der Waals surface area contributed by atoms with Crippen molar-refractivity contribution in [2.45, 2.75) is 49.8 Å². The van der Waals surface area contributed by atoms with E-state index in [9.17, 15) is 28.0 Å². The monoisotopic (exact) mass is 685 g/mol. The highest BCUT2D eigenvalue weighted by atomic mass is 32.7. The van der Waals surface area contributed by atoms with Gasteiger partial charge in [-0.2, -0.15) is 4.98 Å². The van der Waals surface area contributed by atoms with Gasteiger partial charge in [0.25, 0.3) is 11.1 Å². The molecule has 19 nitrogen and oxygen atoms in total. The molecular weight excluding hydrogens is 659 g/mol. The molecule has 5 rings (SSSR count). The SMILES string of the molecule is Nc1nc2c(ncn2[C@@H]2OC(COP(=O)(O)S)CC2OP(=O)(S)OC[C@@H]2C[C@H](F)[C@H](Nc3nc[nH]c(=O)c3N)O2)c(=O)[nH]1. The van der Waals surface area contributed by atoms with Crippen molar-refractivity contribution in [3.8, 4) is 0 Å². The molecular formula is C19H26FN9O10P2S2. The number of rotatable bonds is 11. The summed E-state index contributed by atoms with van der Waals surface area (Å²) in [5, 5.41) is 2.61. The van der Waals surface area contributed by atoms with Gasteiger partial charge >= 0.3 is 13.6 Å². The lowest BCUT2D eigenvalue weighted by Crippen LogP contribution is -2.30. The molecule has 3 aromatic heterocycles. The van der Waals surface area contributed by atoms with Crippen molar-refractivity contribution in [2.75, 3.05) is 30.0 Å². The van der Waals surface area contributed by atoms with Crippen molar-refractivity contribution in [3.63, 3.8) is 0 Å². The molecule has 4 unspecified atom stereocenters. The van der Waals surface area contributed by atoms with Crippen LogP contribution in [-0.4, -0.2) is 78.3 Å². The summed E-state index contributed by atoms with van der Waals surface area (Å²) in [5.74, 6) is -0.283. The Hall–Kier alpha value is -2.52. The number of aromatic nitrogens is 6. The van der Waals surface area contributed by atoms with E-state index in [0.717, 1.165) is 6.33 Å². The number of alkyl halides is 1. The Morgan fingerprint density at radius 1 is 1.14 bits per heavy atom. The third-order valence-corrected chi connectivity index (χ3v) is 8.79. The fraction of sp³-hybridized carbons (Fsp3) is 0.526. The van der Waals surface area contributed by atoms with E-state index in [1.807, 2.05) is 0 Å². The number of ether oxygens (including phenoxy) is 2. The maximum absolute atomic E-state index is 14.7. The number of hydrogen-bond donors (Lipinski definition) is 8. The highest BCUT2D eigenvalue weighted by Gasteiger charge is 2.44. The smallest absolute Gasteiger partial charge is 0.386 e. The summed E-state index contributed by atoms with van der Waals surface area (Å²) in [6, 6.07) is 0. The number of nitrogen functional groups attached to an aromatic ring is 2. The molecule has 0 bridgehead atoms. The molecule has 5 heterocycles. The molecule has 0 aliphatic carbocycles. The summed E-state index contributed by atoms with van der Waals surface area (Å²) in [6.07, 6.45) is -4.73. The topological polar surface area (TPSA) is 274 Å². The van der Waals surface area contributed by atoms with Crippen molar-refractivity contribution in [1.29, 1.82) is 0 Å². The van der Waals surface area contributed by atoms with E-state index >= 15 is 0 Å². The average molecular weight is 686 g/mol. The zero-order valence-electron chi connectivity index (χ0n) is 21.7. The lowest BCUT2D eigenvalue weighted by atomic mass is 10.2. The Kier molecular flexibility index (Phi) is 9.25. The second kappa shape index (κ2) is 12.5. The van der Waals surface area contributed by atoms with Crippen LogP contribution in [-0.2, 0) is 32.2 Å². The van der Waals surface area contributed by atoms with Crippen LogP contribution < -0.4 is 27.9 Å².